The smallest absolute Gasteiger partial charge is 0.407 e. The first-order valence-electron chi connectivity index (χ1n) is 17.2. The van der Waals surface area contributed by atoms with Crippen LogP contribution in [0.25, 0.3) is 0 Å². The summed E-state index contributed by atoms with van der Waals surface area (Å²) in [6.07, 6.45) is 4.01. The fraction of sp³-hybridized carbons (Fsp3) is 0.385. The lowest BCUT2D eigenvalue weighted by Crippen LogP contribution is -2.55. The Morgan fingerprint density at radius 2 is 1.47 bits per heavy atom. The lowest BCUT2D eigenvalue weighted by molar-refractivity contribution is -0.124. The first kappa shape index (κ1) is 38.4. The zero-order valence-corrected chi connectivity index (χ0v) is 30.0. The predicted molar refractivity (Wildman–Crippen MR) is 194 cm³/mol. The van der Waals surface area contributed by atoms with Crippen LogP contribution in [-0.2, 0) is 35.5 Å². The number of pyridine rings is 1. The lowest BCUT2D eigenvalue weighted by Gasteiger charge is -2.30. The van der Waals surface area contributed by atoms with E-state index in [2.05, 4.69) is 30.9 Å². The van der Waals surface area contributed by atoms with Gasteiger partial charge in [0.05, 0.1) is 42.0 Å². The molecule has 4 atom stereocenters. The lowest BCUT2D eigenvalue weighted by atomic mass is 9.93. The minimum Gasteiger partial charge on any atom is -0.445 e. The molecule has 4 amide bonds. The van der Waals surface area contributed by atoms with Crippen molar-refractivity contribution in [2.45, 2.75) is 84.3 Å². The first-order valence-corrected chi connectivity index (χ1v) is 17.2. The quantitative estimate of drug-likeness (QED) is 0.132. The number of aromatic nitrogens is 3. The number of alkyl carbamates (subject to hydrolysis) is 1. The number of aliphatic hydroxyl groups is 1. The minimum atomic E-state index is -1.07. The highest BCUT2D eigenvalue weighted by atomic mass is 16.5. The van der Waals surface area contributed by atoms with E-state index in [0.717, 1.165) is 28.1 Å². The van der Waals surface area contributed by atoms with Crippen LogP contribution in [0.3, 0.4) is 0 Å². The number of nitrogens with zero attached hydrogens (tertiary/aromatic N) is 4. The number of rotatable bonds is 16. The molecule has 0 bridgehead atoms. The largest absolute Gasteiger partial charge is 0.445 e. The molecule has 0 aliphatic rings. The van der Waals surface area contributed by atoms with Crippen molar-refractivity contribution in [2.75, 3.05) is 7.05 Å². The van der Waals surface area contributed by atoms with Crippen molar-refractivity contribution in [2.24, 2.45) is 5.92 Å². The molecule has 0 fully saturated rings. The number of ether oxygens (including phenoxy) is 1. The SMILES string of the molecule is Cc1ncc(CN(C)C(=O)N[C@H](C(=O)N[C@@H](Cc2ccccc2)C[C@H](O)[C@H](Cc2ccccc2)NC(=O)OCc2cccnc2)C(C)C)nc1C. The highest BCUT2D eigenvalue weighted by Crippen LogP contribution is 2.16. The first-order chi connectivity index (χ1) is 24.5. The van der Waals surface area contributed by atoms with Crippen molar-refractivity contribution in [3.63, 3.8) is 0 Å². The molecule has 4 rings (SSSR count). The molecule has 0 spiro atoms. The summed E-state index contributed by atoms with van der Waals surface area (Å²) < 4.78 is 5.45. The molecule has 270 valence electrons. The molecule has 51 heavy (non-hydrogen) atoms. The van der Waals surface area contributed by atoms with E-state index < -0.39 is 36.4 Å². The number of urea groups is 1. The van der Waals surface area contributed by atoms with Crippen LogP contribution in [0.1, 0.15) is 54.0 Å². The van der Waals surface area contributed by atoms with Gasteiger partial charge in [-0.1, -0.05) is 80.6 Å². The van der Waals surface area contributed by atoms with Gasteiger partial charge in [0.2, 0.25) is 5.91 Å². The molecule has 2 aromatic carbocycles. The van der Waals surface area contributed by atoms with Crippen molar-refractivity contribution in [1.82, 2.24) is 35.8 Å². The highest BCUT2D eigenvalue weighted by molar-refractivity contribution is 5.87. The van der Waals surface area contributed by atoms with Crippen LogP contribution >= 0.6 is 0 Å². The van der Waals surface area contributed by atoms with E-state index in [0.29, 0.717) is 18.5 Å². The molecule has 0 saturated carbocycles. The van der Waals surface area contributed by atoms with Crippen molar-refractivity contribution >= 4 is 18.0 Å². The summed E-state index contributed by atoms with van der Waals surface area (Å²) in [5, 5.41) is 20.5. The van der Waals surface area contributed by atoms with Gasteiger partial charge in [-0.15, -0.1) is 0 Å². The number of aryl methyl sites for hydroxylation is 2. The van der Waals surface area contributed by atoms with Crippen LogP contribution in [0.5, 0.6) is 0 Å². The highest BCUT2D eigenvalue weighted by Gasteiger charge is 2.31. The van der Waals surface area contributed by atoms with E-state index in [1.807, 2.05) is 88.4 Å². The maximum Gasteiger partial charge on any atom is 0.407 e. The Morgan fingerprint density at radius 3 is 2.08 bits per heavy atom. The van der Waals surface area contributed by atoms with Crippen molar-refractivity contribution in [1.29, 1.82) is 0 Å². The van der Waals surface area contributed by atoms with Crippen LogP contribution in [0.4, 0.5) is 9.59 Å². The molecule has 0 unspecified atom stereocenters. The monoisotopic (exact) mass is 695 g/mol. The minimum absolute atomic E-state index is 0.0239. The fourth-order valence-corrected chi connectivity index (χ4v) is 5.57. The van der Waals surface area contributed by atoms with Gasteiger partial charge in [0.25, 0.3) is 0 Å². The molecule has 2 aromatic heterocycles. The molecule has 12 nitrogen and oxygen atoms in total. The third-order valence-corrected chi connectivity index (χ3v) is 8.57. The Labute approximate surface area is 300 Å². The summed E-state index contributed by atoms with van der Waals surface area (Å²) in [4.78, 5) is 54.5. The summed E-state index contributed by atoms with van der Waals surface area (Å²) in [5.74, 6) is -0.623. The predicted octanol–water partition coefficient (Wildman–Crippen LogP) is 4.67. The molecule has 0 radical (unpaired) electrons. The van der Waals surface area contributed by atoms with Gasteiger partial charge >= 0.3 is 12.1 Å². The Bertz CT molecular complexity index is 1690. The molecule has 12 heteroatoms. The second kappa shape index (κ2) is 19.1. The Kier molecular flexibility index (Phi) is 14.4. The van der Waals surface area contributed by atoms with Gasteiger partial charge in [-0.25, -0.2) is 9.59 Å². The van der Waals surface area contributed by atoms with Crippen LogP contribution in [0.15, 0.2) is 91.4 Å². The van der Waals surface area contributed by atoms with Crippen molar-refractivity contribution in [3.8, 4) is 0 Å². The normalized spacial score (nSPS) is 13.4. The van der Waals surface area contributed by atoms with E-state index in [4.69, 9.17) is 4.74 Å². The number of benzene rings is 2. The van der Waals surface area contributed by atoms with Crippen LogP contribution in [0.2, 0.25) is 0 Å². The second-order valence-electron chi connectivity index (χ2n) is 13.1. The van der Waals surface area contributed by atoms with Gasteiger partial charge in [0, 0.05) is 31.0 Å². The Morgan fingerprint density at radius 1 is 0.824 bits per heavy atom. The van der Waals surface area contributed by atoms with Gasteiger partial charge in [0.15, 0.2) is 0 Å². The molecule has 0 aliphatic carbocycles. The summed E-state index contributed by atoms with van der Waals surface area (Å²) >= 11 is 0. The van der Waals surface area contributed by atoms with Gasteiger partial charge in [-0.05, 0) is 56.2 Å². The summed E-state index contributed by atoms with van der Waals surface area (Å²) in [6, 6.07) is 20.2. The number of hydrogen-bond acceptors (Lipinski definition) is 8. The van der Waals surface area contributed by atoms with Gasteiger partial charge in [0.1, 0.15) is 12.6 Å². The number of aliphatic hydroxyl groups excluding tert-OH is 1. The molecule has 4 N–H and O–H groups in total. The summed E-state index contributed by atoms with van der Waals surface area (Å²) in [7, 11) is 1.64. The zero-order valence-electron chi connectivity index (χ0n) is 30.0. The molecular weight excluding hydrogens is 646 g/mol. The number of carbonyl (C=O) groups is 3. The number of carbonyl (C=O) groups excluding carboxylic acids is 3. The van der Waals surface area contributed by atoms with E-state index in [-0.39, 0.29) is 31.4 Å². The van der Waals surface area contributed by atoms with Crippen molar-refractivity contribution < 1.29 is 24.2 Å². The topological polar surface area (TPSA) is 159 Å². The van der Waals surface area contributed by atoms with Gasteiger partial charge in [-0.2, -0.15) is 0 Å². The Balaban J connectivity index is 1.47. The van der Waals surface area contributed by atoms with E-state index in [9.17, 15) is 19.5 Å². The average Bonchev–Trinajstić information content (AvgIpc) is 3.12. The average molecular weight is 696 g/mol. The molecular formula is C39H49N7O5. The van der Waals surface area contributed by atoms with Gasteiger partial charge < -0.3 is 30.7 Å². The Hall–Kier alpha value is -5.36. The van der Waals surface area contributed by atoms with Crippen LogP contribution in [0, 0.1) is 19.8 Å². The maximum absolute atomic E-state index is 13.9. The van der Waals surface area contributed by atoms with E-state index >= 15 is 0 Å². The van der Waals surface area contributed by atoms with Gasteiger partial charge in [-0.3, -0.25) is 19.7 Å². The van der Waals surface area contributed by atoms with E-state index in [1.165, 1.54) is 4.90 Å². The maximum atomic E-state index is 13.9. The zero-order chi connectivity index (χ0) is 36.8. The van der Waals surface area contributed by atoms with E-state index in [1.54, 1.807) is 37.8 Å². The van der Waals surface area contributed by atoms with Crippen molar-refractivity contribution in [3.05, 3.63) is 125 Å². The standard InChI is InChI=1S/C39H49N7O5/c1-26(2)36(45-38(49)46(5)24-33-23-41-27(3)28(4)42-33)37(48)43-32(19-29-13-8-6-9-14-29)21-35(47)34(20-30-15-10-7-11-16-30)44-39(50)51-25-31-17-12-18-40-22-31/h6-18,22-23,26,32,34-36,47H,19-21,24-25H2,1-5H3,(H,43,48)(H,44,50)(H,45,49)/t32-,34-,35-,36-/m0/s1. The summed E-state index contributed by atoms with van der Waals surface area (Å²) in [5.41, 5.74) is 4.85. The third kappa shape index (κ3) is 12.5. The number of amides is 4. The fourth-order valence-electron chi connectivity index (χ4n) is 5.57. The number of hydrogen-bond donors (Lipinski definition) is 4. The third-order valence-electron chi connectivity index (χ3n) is 8.57. The van der Waals surface area contributed by atoms with Crippen LogP contribution in [-0.4, -0.2) is 74.3 Å². The number of nitrogens with one attached hydrogen (secondary N) is 3. The summed E-state index contributed by atoms with van der Waals surface area (Å²) in [6.45, 7) is 7.70. The molecule has 0 aliphatic heterocycles. The molecule has 4 aromatic rings. The molecule has 0 saturated heterocycles. The van der Waals surface area contributed by atoms with Crippen LogP contribution < -0.4 is 16.0 Å². The second-order valence-corrected chi connectivity index (χ2v) is 13.1. The molecule has 2 heterocycles.